The number of rotatable bonds is 7. The van der Waals surface area contributed by atoms with Gasteiger partial charge < -0.3 is 9.26 Å². The number of carbonyl (C=O) groups is 1. The molecule has 0 amide bonds. The Morgan fingerprint density at radius 3 is 2.44 bits per heavy atom. The summed E-state index contributed by atoms with van der Waals surface area (Å²) in [5, 5.41) is 0.666. The zero-order chi connectivity index (χ0) is 13.4. The van der Waals surface area contributed by atoms with Crippen molar-refractivity contribution in [3.05, 3.63) is 30.3 Å². The Morgan fingerprint density at radius 2 is 1.89 bits per heavy atom. The average molecular weight is 270 g/mol. The van der Waals surface area contributed by atoms with Crippen LogP contribution in [0.15, 0.2) is 30.3 Å². The maximum Gasteiger partial charge on any atom is 0.305 e. The summed E-state index contributed by atoms with van der Waals surface area (Å²) < 4.78 is 23.0. The van der Waals surface area contributed by atoms with Gasteiger partial charge in [-0.25, -0.2) is 0 Å². The number of hydrogen-bond donors (Lipinski definition) is 0. The second kappa shape index (κ2) is 7.34. The molecule has 100 valence electrons. The number of carbonyl (C=O) groups excluding carboxylic acids is 1. The highest BCUT2D eigenvalue weighted by molar-refractivity contribution is 7.67. The van der Waals surface area contributed by atoms with Gasteiger partial charge in [0.05, 0.1) is 12.8 Å². The lowest BCUT2D eigenvalue weighted by molar-refractivity contribution is -0.142. The normalized spacial score (nSPS) is 13.9. The van der Waals surface area contributed by atoms with Crippen molar-refractivity contribution in [2.45, 2.75) is 20.3 Å². The number of esters is 1. The van der Waals surface area contributed by atoms with E-state index < -0.39 is 7.37 Å². The molecule has 1 atom stereocenters. The molecule has 0 radical (unpaired) electrons. The van der Waals surface area contributed by atoms with Crippen molar-refractivity contribution in [3.63, 3.8) is 0 Å². The zero-order valence-electron chi connectivity index (χ0n) is 10.8. The molecule has 0 saturated heterocycles. The number of benzene rings is 1. The molecule has 0 heterocycles. The molecule has 1 aromatic carbocycles. The number of hydrogen-bond acceptors (Lipinski definition) is 4. The first-order valence-electron chi connectivity index (χ1n) is 6.07. The summed E-state index contributed by atoms with van der Waals surface area (Å²) in [5.74, 6) is -0.286. The molecule has 0 aliphatic heterocycles. The topological polar surface area (TPSA) is 52.6 Å². The van der Waals surface area contributed by atoms with Crippen LogP contribution >= 0.6 is 7.37 Å². The van der Waals surface area contributed by atoms with Gasteiger partial charge in [-0.1, -0.05) is 25.1 Å². The smallest absolute Gasteiger partial charge is 0.305 e. The van der Waals surface area contributed by atoms with Crippen LogP contribution in [0.4, 0.5) is 0 Å². The third kappa shape index (κ3) is 4.28. The van der Waals surface area contributed by atoms with Gasteiger partial charge in [0.15, 0.2) is 0 Å². The third-order valence-electron chi connectivity index (χ3n) is 2.42. The van der Waals surface area contributed by atoms with Crippen molar-refractivity contribution in [3.8, 4) is 0 Å². The van der Waals surface area contributed by atoms with Gasteiger partial charge in [0.2, 0.25) is 7.37 Å². The fourth-order valence-corrected chi connectivity index (χ4v) is 3.43. The molecule has 1 unspecified atom stereocenters. The zero-order valence-corrected chi connectivity index (χ0v) is 11.7. The monoisotopic (exact) mass is 270 g/mol. The molecule has 0 bridgehead atoms. The minimum atomic E-state index is -2.92. The number of ether oxygens (including phenoxy) is 1. The fourth-order valence-electron chi connectivity index (χ4n) is 1.51. The van der Waals surface area contributed by atoms with E-state index in [-0.39, 0.29) is 18.7 Å². The maximum atomic E-state index is 12.7. The first-order chi connectivity index (χ1) is 8.62. The Morgan fingerprint density at radius 1 is 1.22 bits per heavy atom. The molecule has 5 heteroatoms. The summed E-state index contributed by atoms with van der Waals surface area (Å²) in [7, 11) is -2.92. The molecule has 4 nitrogen and oxygen atoms in total. The first-order valence-corrected chi connectivity index (χ1v) is 7.88. The molecular weight excluding hydrogens is 251 g/mol. The predicted octanol–water partition coefficient (Wildman–Crippen LogP) is 2.58. The van der Waals surface area contributed by atoms with E-state index in [1.807, 2.05) is 18.2 Å². The molecule has 1 aromatic rings. The van der Waals surface area contributed by atoms with Crippen LogP contribution in [0.25, 0.3) is 0 Å². The van der Waals surface area contributed by atoms with E-state index >= 15 is 0 Å². The molecule has 18 heavy (non-hydrogen) atoms. The van der Waals surface area contributed by atoms with Crippen LogP contribution in [0.5, 0.6) is 0 Å². The van der Waals surface area contributed by atoms with Crippen LogP contribution < -0.4 is 5.30 Å². The molecule has 1 rings (SSSR count). The standard InChI is InChI=1S/C13H19O4P/c1-3-13(14)16-10-11-18(15,17-4-2)12-8-6-5-7-9-12/h5-9H,3-4,10-11H2,1-2H3. The van der Waals surface area contributed by atoms with Gasteiger partial charge in [0.1, 0.15) is 6.61 Å². The van der Waals surface area contributed by atoms with Crippen molar-refractivity contribution in [1.82, 2.24) is 0 Å². The van der Waals surface area contributed by atoms with Crippen LogP contribution in [-0.4, -0.2) is 25.3 Å². The Bertz CT molecular complexity index is 416. The quantitative estimate of drug-likeness (QED) is 0.564. The van der Waals surface area contributed by atoms with E-state index in [1.54, 1.807) is 26.0 Å². The van der Waals surface area contributed by atoms with Crippen molar-refractivity contribution < 1.29 is 18.6 Å². The van der Waals surface area contributed by atoms with Gasteiger partial charge in [0, 0.05) is 11.7 Å². The van der Waals surface area contributed by atoms with Gasteiger partial charge in [0.25, 0.3) is 0 Å². The van der Waals surface area contributed by atoms with Gasteiger partial charge in [-0.15, -0.1) is 0 Å². The first kappa shape index (κ1) is 14.9. The Kier molecular flexibility index (Phi) is 6.10. The predicted molar refractivity (Wildman–Crippen MR) is 71.4 cm³/mol. The average Bonchev–Trinajstić information content (AvgIpc) is 2.40. The Hall–Kier alpha value is -1.12. The minimum Gasteiger partial charge on any atom is -0.465 e. The van der Waals surface area contributed by atoms with E-state index in [4.69, 9.17) is 9.26 Å². The van der Waals surface area contributed by atoms with Crippen molar-refractivity contribution in [2.24, 2.45) is 0 Å². The molecule has 0 aromatic heterocycles. The summed E-state index contributed by atoms with van der Waals surface area (Å²) in [5.41, 5.74) is 0. The molecule has 0 aliphatic rings. The van der Waals surface area contributed by atoms with Crippen LogP contribution in [0.2, 0.25) is 0 Å². The summed E-state index contributed by atoms with van der Waals surface area (Å²) in [6.07, 6.45) is 0.543. The van der Waals surface area contributed by atoms with Crippen molar-refractivity contribution >= 4 is 18.6 Å². The SMILES string of the molecule is CCOP(=O)(CCOC(=O)CC)c1ccccc1. The molecule has 0 saturated carbocycles. The summed E-state index contributed by atoms with van der Waals surface area (Å²) >= 11 is 0. The third-order valence-corrected chi connectivity index (χ3v) is 4.96. The largest absolute Gasteiger partial charge is 0.465 e. The van der Waals surface area contributed by atoms with Crippen LogP contribution in [0, 0.1) is 0 Å². The van der Waals surface area contributed by atoms with Gasteiger partial charge in [-0.3, -0.25) is 9.36 Å². The minimum absolute atomic E-state index is 0.124. The van der Waals surface area contributed by atoms with Crippen molar-refractivity contribution in [1.29, 1.82) is 0 Å². The molecule has 0 aliphatic carbocycles. The van der Waals surface area contributed by atoms with Gasteiger partial charge in [-0.05, 0) is 19.1 Å². The highest BCUT2D eigenvalue weighted by Gasteiger charge is 2.25. The summed E-state index contributed by atoms with van der Waals surface area (Å²) in [6.45, 7) is 4.02. The van der Waals surface area contributed by atoms with E-state index in [2.05, 4.69) is 0 Å². The van der Waals surface area contributed by atoms with Crippen molar-refractivity contribution in [2.75, 3.05) is 19.4 Å². The van der Waals surface area contributed by atoms with E-state index in [1.165, 1.54) is 0 Å². The maximum absolute atomic E-state index is 12.7. The van der Waals surface area contributed by atoms with E-state index in [0.717, 1.165) is 0 Å². The highest BCUT2D eigenvalue weighted by Crippen LogP contribution is 2.45. The lowest BCUT2D eigenvalue weighted by Crippen LogP contribution is -2.15. The summed E-state index contributed by atoms with van der Waals surface area (Å²) in [6, 6.07) is 9.05. The van der Waals surface area contributed by atoms with Gasteiger partial charge >= 0.3 is 5.97 Å². The van der Waals surface area contributed by atoms with E-state index in [0.29, 0.717) is 18.3 Å². The second-order valence-electron chi connectivity index (χ2n) is 3.72. The highest BCUT2D eigenvalue weighted by atomic mass is 31.2. The molecule has 0 fully saturated rings. The Labute approximate surface area is 108 Å². The molecule has 0 spiro atoms. The Balaban J connectivity index is 2.70. The molecule has 0 N–H and O–H groups in total. The van der Waals surface area contributed by atoms with E-state index in [9.17, 15) is 9.36 Å². The van der Waals surface area contributed by atoms with Crippen LogP contribution in [0.1, 0.15) is 20.3 Å². The van der Waals surface area contributed by atoms with Gasteiger partial charge in [-0.2, -0.15) is 0 Å². The lowest BCUT2D eigenvalue weighted by Gasteiger charge is -2.17. The second-order valence-corrected chi connectivity index (χ2v) is 6.29. The summed E-state index contributed by atoms with van der Waals surface area (Å²) in [4.78, 5) is 11.0. The fraction of sp³-hybridized carbons (Fsp3) is 0.462. The lowest BCUT2D eigenvalue weighted by atomic mass is 10.4. The van der Waals surface area contributed by atoms with Crippen LogP contribution in [0.3, 0.4) is 0 Å². The molecular formula is C13H19O4P. The van der Waals surface area contributed by atoms with Crippen LogP contribution in [-0.2, 0) is 18.6 Å².